The van der Waals surface area contributed by atoms with Crippen LogP contribution in [0.3, 0.4) is 0 Å². The van der Waals surface area contributed by atoms with E-state index < -0.39 is 0 Å². The minimum Gasteiger partial charge on any atom is -0.370 e. The van der Waals surface area contributed by atoms with Crippen LogP contribution in [0, 0.1) is 5.92 Å². The number of ketones is 2. The van der Waals surface area contributed by atoms with Gasteiger partial charge in [-0.2, -0.15) is 0 Å². The predicted molar refractivity (Wildman–Crippen MR) is 50.9 cm³/mol. The number of Topliss-reactive ketones (excluding diaryl/α,β-unsaturated/α-hetero) is 2. The molecule has 0 amide bonds. The smallest absolute Gasteiger partial charge is 0.171 e. The molecule has 0 aromatic carbocycles. The maximum absolute atomic E-state index is 11.9. The Morgan fingerprint density at radius 1 is 1.21 bits per heavy atom. The van der Waals surface area contributed by atoms with E-state index in [0.717, 1.165) is 32.1 Å². The van der Waals surface area contributed by atoms with Gasteiger partial charge in [0.25, 0.3) is 0 Å². The first kappa shape index (κ1) is 9.84. The molecule has 0 N–H and O–H groups in total. The number of ether oxygens (including phenoxy) is 1. The third-order valence-electron chi connectivity index (χ3n) is 3.15. The molecule has 2 rings (SSSR count). The Morgan fingerprint density at radius 3 is 2.71 bits per heavy atom. The lowest BCUT2D eigenvalue weighted by Gasteiger charge is -2.21. The van der Waals surface area contributed by atoms with E-state index in [9.17, 15) is 9.59 Å². The number of carbonyl (C=O) groups excluding carboxylic acids is 2. The van der Waals surface area contributed by atoms with Gasteiger partial charge in [-0.1, -0.05) is 6.42 Å². The van der Waals surface area contributed by atoms with Crippen LogP contribution in [0.1, 0.15) is 38.5 Å². The maximum atomic E-state index is 11.9. The van der Waals surface area contributed by atoms with Crippen LogP contribution in [0.15, 0.2) is 0 Å². The minimum atomic E-state index is -0.341. The van der Waals surface area contributed by atoms with Crippen molar-refractivity contribution in [2.75, 3.05) is 6.61 Å². The molecule has 1 heterocycles. The van der Waals surface area contributed by atoms with Crippen molar-refractivity contribution in [1.29, 1.82) is 0 Å². The second kappa shape index (κ2) is 4.22. The van der Waals surface area contributed by atoms with Crippen molar-refractivity contribution < 1.29 is 14.3 Å². The highest BCUT2D eigenvalue weighted by Gasteiger charge is 2.35. The van der Waals surface area contributed by atoms with Crippen LogP contribution in [0.25, 0.3) is 0 Å². The van der Waals surface area contributed by atoms with Crippen molar-refractivity contribution in [2.24, 2.45) is 5.92 Å². The quantitative estimate of drug-likeness (QED) is 0.628. The Labute approximate surface area is 83.8 Å². The van der Waals surface area contributed by atoms with Crippen molar-refractivity contribution in [3.05, 3.63) is 0 Å². The zero-order chi connectivity index (χ0) is 9.97. The van der Waals surface area contributed by atoms with Gasteiger partial charge in [-0.05, 0) is 25.7 Å². The zero-order valence-electron chi connectivity index (χ0n) is 8.33. The molecule has 0 aromatic rings. The van der Waals surface area contributed by atoms with Gasteiger partial charge in [-0.3, -0.25) is 9.59 Å². The van der Waals surface area contributed by atoms with Gasteiger partial charge in [-0.15, -0.1) is 0 Å². The molecule has 2 unspecified atom stereocenters. The van der Waals surface area contributed by atoms with E-state index in [4.69, 9.17) is 4.74 Å². The summed E-state index contributed by atoms with van der Waals surface area (Å²) in [5.41, 5.74) is 0. The minimum absolute atomic E-state index is 0.0483. The predicted octanol–water partition coefficient (Wildman–Crippen LogP) is 1.49. The van der Waals surface area contributed by atoms with E-state index in [1.165, 1.54) is 0 Å². The lowest BCUT2D eigenvalue weighted by Crippen LogP contribution is -2.34. The van der Waals surface area contributed by atoms with Crippen LogP contribution in [0.2, 0.25) is 0 Å². The largest absolute Gasteiger partial charge is 0.370 e. The summed E-state index contributed by atoms with van der Waals surface area (Å²) in [6.07, 6.45) is 4.78. The number of hydrogen-bond donors (Lipinski definition) is 0. The van der Waals surface area contributed by atoms with Gasteiger partial charge in [0.1, 0.15) is 11.9 Å². The topological polar surface area (TPSA) is 43.4 Å². The van der Waals surface area contributed by atoms with Crippen molar-refractivity contribution in [1.82, 2.24) is 0 Å². The van der Waals surface area contributed by atoms with Crippen molar-refractivity contribution >= 4 is 11.6 Å². The van der Waals surface area contributed by atoms with Gasteiger partial charge in [0.05, 0.1) is 5.92 Å². The molecule has 0 spiro atoms. The third-order valence-corrected chi connectivity index (χ3v) is 3.15. The molecule has 0 aromatic heterocycles. The highest BCUT2D eigenvalue weighted by atomic mass is 16.5. The highest BCUT2D eigenvalue weighted by Crippen LogP contribution is 2.25. The van der Waals surface area contributed by atoms with Gasteiger partial charge in [-0.25, -0.2) is 0 Å². The normalized spacial score (nSPS) is 33.3. The van der Waals surface area contributed by atoms with Gasteiger partial charge in [0, 0.05) is 13.0 Å². The summed E-state index contributed by atoms with van der Waals surface area (Å²) in [6.45, 7) is 0.678. The van der Waals surface area contributed by atoms with E-state index in [0.29, 0.717) is 13.0 Å². The second-order valence-electron chi connectivity index (χ2n) is 4.17. The molecule has 3 heteroatoms. The Hall–Kier alpha value is -0.700. The van der Waals surface area contributed by atoms with E-state index in [1.807, 2.05) is 0 Å². The summed E-state index contributed by atoms with van der Waals surface area (Å²) < 4.78 is 5.31. The van der Waals surface area contributed by atoms with Gasteiger partial charge < -0.3 is 4.74 Å². The van der Waals surface area contributed by atoms with Crippen LogP contribution in [0.5, 0.6) is 0 Å². The summed E-state index contributed by atoms with van der Waals surface area (Å²) in [6, 6.07) is 0. The first-order valence-electron chi connectivity index (χ1n) is 5.47. The second-order valence-corrected chi connectivity index (χ2v) is 4.17. The van der Waals surface area contributed by atoms with Crippen LogP contribution >= 0.6 is 0 Å². The molecule has 2 atom stereocenters. The molecular formula is C11H16O3. The lowest BCUT2D eigenvalue weighted by atomic mass is 9.83. The molecule has 1 saturated carbocycles. The summed E-state index contributed by atoms with van der Waals surface area (Å²) >= 11 is 0. The average Bonchev–Trinajstić information content (AvgIpc) is 2.70. The fourth-order valence-electron chi connectivity index (χ4n) is 2.31. The highest BCUT2D eigenvalue weighted by molar-refractivity contribution is 6.04. The Kier molecular flexibility index (Phi) is 2.96. The summed E-state index contributed by atoms with van der Waals surface area (Å²) in [7, 11) is 0. The molecule has 1 aliphatic heterocycles. The van der Waals surface area contributed by atoms with Gasteiger partial charge >= 0.3 is 0 Å². The van der Waals surface area contributed by atoms with Crippen LogP contribution in [-0.4, -0.2) is 24.3 Å². The molecule has 2 fully saturated rings. The number of rotatable bonds is 2. The van der Waals surface area contributed by atoms with E-state index in [2.05, 4.69) is 0 Å². The van der Waals surface area contributed by atoms with Crippen molar-refractivity contribution in [2.45, 2.75) is 44.6 Å². The fraction of sp³-hybridized carbons (Fsp3) is 0.818. The van der Waals surface area contributed by atoms with Crippen molar-refractivity contribution in [3.8, 4) is 0 Å². The average molecular weight is 196 g/mol. The van der Waals surface area contributed by atoms with Crippen LogP contribution in [0.4, 0.5) is 0 Å². The van der Waals surface area contributed by atoms with Crippen LogP contribution < -0.4 is 0 Å². The molecular weight excluding hydrogens is 180 g/mol. The summed E-state index contributed by atoms with van der Waals surface area (Å²) in [5, 5.41) is 0. The zero-order valence-corrected chi connectivity index (χ0v) is 8.33. The molecule has 3 nitrogen and oxygen atoms in total. The van der Waals surface area contributed by atoms with Gasteiger partial charge in [0.15, 0.2) is 5.78 Å². The Balaban J connectivity index is 1.98. The Morgan fingerprint density at radius 2 is 2.07 bits per heavy atom. The van der Waals surface area contributed by atoms with Crippen LogP contribution in [-0.2, 0) is 14.3 Å². The molecule has 2 aliphatic rings. The van der Waals surface area contributed by atoms with Gasteiger partial charge in [0.2, 0.25) is 0 Å². The molecule has 1 aliphatic carbocycles. The van der Waals surface area contributed by atoms with E-state index in [-0.39, 0.29) is 23.6 Å². The summed E-state index contributed by atoms with van der Waals surface area (Å²) in [5.74, 6) is -0.157. The fourth-order valence-corrected chi connectivity index (χ4v) is 2.31. The number of carbonyl (C=O) groups is 2. The SMILES string of the molecule is O=C1CCCCC1C(=O)C1CCCO1. The van der Waals surface area contributed by atoms with Crippen molar-refractivity contribution in [3.63, 3.8) is 0 Å². The first-order valence-corrected chi connectivity index (χ1v) is 5.47. The standard InChI is InChI=1S/C11H16O3/c12-9-5-2-1-4-8(9)11(13)10-6-3-7-14-10/h8,10H,1-7H2. The monoisotopic (exact) mass is 196 g/mol. The molecule has 0 radical (unpaired) electrons. The van der Waals surface area contributed by atoms with E-state index >= 15 is 0 Å². The van der Waals surface area contributed by atoms with E-state index in [1.54, 1.807) is 0 Å². The molecule has 0 bridgehead atoms. The molecule has 14 heavy (non-hydrogen) atoms. The first-order chi connectivity index (χ1) is 6.79. The maximum Gasteiger partial charge on any atom is 0.171 e. The number of hydrogen-bond acceptors (Lipinski definition) is 3. The lowest BCUT2D eigenvalue weighted by molar-refractivity contribution is -0.140. The summed E-state index contributed by atoms with van der Waals surface area (Å²) in [4.78, 5) is 23.4. The Bertz CT molecular complexity index is 241. The molecule has 78 valence electrons. The third kappa shape index (κ3) is 1.87. The molecule has 1 saturated heterocycles.